The van der Waals surface area contributed by atoms with E-state index in [9.17, 15) is 4.79 Å². The van der Waals surface area contributed by atoms with Gasteiger partial charge < -0.3 is 14.8 Å². The minimum atomic E-state index is -0.683. The highest BCUT2D eigenvalue weighted by Crippen LogP contribution is 2.41. The minimum absolute atomic E-state index is 0.131. The Morgan fingerprint density at radius 1 is 1.00 bits per heavy atom. The van der Waals surface area contributed by atoms with Crippen molar-refractivity contribution < 1.29 is 14.3 Å². The lowest BCUT2D eigenvalue weighted by molar-refractivity contribution is -0.0431. The summed E-state index contributed by atoms with van der Waals surface area (Å²) in [5.74, 6) is 0.507. The highest BCUT2D eigenvalue weighted by atomic mass is 32.1. The summed E-state index contributed by atoms with van der Waals surface area (Å²) in [5, 5.41) is 4.90. The first kappa shape index (κ1) is 16.7. The summed E-state index contributed by atoms with van der Waals surface area (Å²) in [6.45, 7) is 5.75. The highest BCUT2D eigenvalue weighted by Gasteiger charge is 2.31. The number of carbonyl (C=O) groups excluding carboxylic acids is 1. The molecular formula is C21H19NO3S. The van der Waals surface area contributed by atoms with E-state index in [1.165, 1.54) is 16.9 Å². The number of benzene rings is 2. The van der Waals surface area contributed by atoms with Crippen molar-refractivity contribution in [3.05, 3.63) is 64.4 Å². The molecule has 3 aromatic rings. The second-order valence-electron chi connectivity index (χ2n) is 6.75. The summed E-state index contributed by atoms with van der Waals surface area (Å²) in [6.07, 6.45) is 0. The van der Waals surface area contributed by atoms with E-state index in [1.807, 2.05) is 68.6 Å². The predicted molar refractivity (Wildman–Crippen MR) is 104 cm³/mol. The number of amides is 1. The van der Waals surface area contributed by atoms with Gasteiger partial charge in [-0.25, -0.2) is 0 Å². The molecule has 4 nitrogen and oxygen atoms in total. The monoisotopic (exact) mass is 365 g/mol. The van der Waals surface area contributed by atoms with Gasteiger partial charge in [-0.15, -0.1) is 11.3 Å². The number of rotatable bonds is 3. The number of nitrogens with one attached hydrogen (secondary N) is 1. The second kappa shape index (κ2) is 6.18. The lowest BCUT2D eigenvalue weighted by Crippen LogP contribution is -2.29. The molecule has 0 fully saturated rings. The van der Waals surface area contributed by atoms with E-state index < -0.39 is 5.79 Å². The molecule has 26 heavy (non-hydrogen) atoms. The quantitative estimate of drug-likeness (QED) is 0.668. The Morgan fingerprint density at radius 3 is 2.50 bits per heavy atom. The van der Waals surface area contributed by atoms with Crippen LogP contribution in [0.25, 0.3) is 11.1 Å². The van der Waals surface area contributed by atoms with Crippen LogP contribution in [0.5, 0.6) is 11.5 Å². The Labute approximate surface area is 156 Å². The number of anilines is 1. The minimum Gasteiger partial charge on any atom is -0.449 e. The van der Waals surface area contributed by atoms with Crippen LogP contribution in [0.3, 0.4) is 0 Å². The van der Waals surface area contributed by atoms with Crippen molar-refractivity contribution in [2.24, 2.45) is 0 Å². The number of aryl methyl sites for hydroxylation is 1. The van der Waals surface area contributed by atoms with Gasteiger partial charge in [-0.3, -0.25) is 4.79 Å². The zero-order valence-electron chi connectivity index (χ0n) is 14.8. The van der Waals surface area contributed by atoms with Gasteiger partial charge in [-0.2, -0.15) is 0 Å². The van der Waals surface area contributed by atoms with Crippen molar-refractivity contribution in [2.75, 3.05) is 5.32 Å². The van der Waals surface area contributed by atoms with Gasteiger partial charge >= 0.3 is 0 Å². The Morgan fingerprint density at radius 2 is 1.73 bits per heavy atom. The first-order valence-corrected chi connectivity index (χ1v) is 9.27. The van der Waals surface area contributed by atoms with E-state index in [-0.39, 0.29) is 5.91 Å². The molecule has 0 bridgehead atoms. The normalized spacial score (nSPS) is 14.3. The molecule has 0 radical (unpaired) electrons. The number of ether oxygens (including phenoxy) is 2. The van der Waals surface area contributed by atoms with Crippen molar-refractivity contribution in [1.29, 1.82) is 0 Å². The van der Waals surface area contributed by atoms with Crippen LogP contribution in [0.15, 0.2) is 53.9 Å². The summed E-state index contributed by atoms with van der Waals surface area (Å²) < 4.78 is 11.4. The zero-order valence-corrected chi connectivity index (χ0v) is 15.6. The van der Waals surface area contributed by atoms with Crippen molar-refractivity contribution in [2.45, 2.75) is 26.6 Å². The Kier molecular flexibility index (Phi) is 3.96. The van der Waals surface area contributed by atoms with E-state index in [0.29, 0.717) is 22.1 Å². The van der Waals surface area contributed by atoms with Crippen LogP contribution < -0.4 is 14.8 Å². The molecule has 0 atom stereocenters. The van der Waals surface area contributed by atoms with Gasteiger partial charge in [0.15, 0.2) is 11.5 Å². The van der Waals surface area contributed by atoms with Crippen LogP contribution in [-0.4, -0.2) is 11.7 Å². The first-order chi connectivity index (χ1) is 12.4. The van der Waals surface area contributed by atoms with Gasteiger partial charge in [0.1, 0.15) is 0 Å². The molecule has 1 aliphatic heterocycles. The van der Waals surface area contributed by atoms with E-state index in [1.54, 1.807) is 6.07 Å². The van der Waals surface area contributed by atoms with Gasteiger partial charge in [0.05, 0.1) is 4.88 Å². The van der Waals surface area contributed by atoms with Crippen LogP contribution in [-0.2, 0) is 0 Å². The van der Waals surface area contributed by atoms with Gasteiger partial charge in [0.2, 0.25) is 5.79 Å². The number of hydrogen-bond donors (Lipinski definition) is 1. The molecule has 0 spiro atoms. The molecule has 0 aliphatic carbocycles. The van der Waals surface area contributed by atoms with Gasteiger partial charge in [-0.05, 0) is 36.1 Å². The van der Waals surface area contributed by atoms with Gasteiger partial charge in [0, 0.05) is 31.2 Å². The first-order valence-electron chi connectivity index (χ1n) is 8.39. The van der Waals surface area contributed by atoms with E-state index in [0.717, 1.165) is 11.1 Å². The fourth-order valence-electron chi connectivity index (χ4n) is 2.93. The molecule has 0 unspecified atom stereocenters. The third-order valence-corrected chi connectivity index (χ3v) is 5.06. The van der Waals surface area contributed by atoms with Crippen molar-refractivity contribution in [3.63, 3.8) is 0 Å². The average Bonchev–Trinajstić information content (AvgIpc) is 3.18. The van der Waals surface area contributed by atoms with Gasteiger partial charge in [-0.1, -0.05) is 29.8 Å². The highest BCUT2D eigenvalue weighted by molar-refractivity contribution is 7.12. The molecule has 0 saturated heterocycles. The van der Waals surface area contributed by atoms with Gasteiger partial charge in [0.25, 0.3) is 5.91 Å². The number of fused-ring (bicyclic) bond motifs is 1. The van der Waals surface area contributed by atoms with E-state index >= 15 is 0 Å². The molecule has 4 rings (SSSR count). The van der Waals surface area contributed by atoms with Crippen molar-refractivity contribution in [1.82, 2.24) is 0 Å². The molecule has 132 valence electrons. The molecule has 0 saturated carbocycles. The predicted octanol–water partition coefficient (Wildman–Crippen LogP) is 5.48. The molecule has 1 aliphatic rings. The topological polar surface area (TPSA) is 47.6 Å². The van der Waals surface area contributed by atoms with E-state index in [4.69, 9.17) is 9.47 Å². The van der Waals surface area contributed by atoms with E-state index in [2.05, 4.69) is 5.32 Å². The smallest absolute Gasteiger partial charge is 0.266 e. The Balaban J connectivity index is 1.57. The lowest BCUT2D eigenvalue weighted by Gasteiger charge is -2.16. The number of carbonyl (C=O) groups is 1. The van der Waals surface area contributed by atoms with Crippen LogP contribution >= 0.6 is 11.3 Å². The summed E-state index contributed by atoms with van der Waals surface area (Å²) in [4.78, 5) is 13.5. The molecule has 1 amide bonds. The standard InChI is InChI=1S/C21H19NO3S/c1-13-4-6-14(7-5-13)16-10-11-26-19(16)20(23)22-15-8-9-17-18(12-15)25-21(2,3)24-17/h4-12H,1-3H3,(H,22,23). The third-order valence-electron chi connectivity index (χ3n) is 4.15. The molecule has 1 N–H and O–H groups in total. The molecular weight excluding hydrogens is 346 g/mol. The van der Waals surface area contributed by atoms with Crippen LogP contribution in [0, 0.1) is 6.92 Å². The lowest BCUT2D eigenvalue weighted by atomic mass is 10.0. The zero-order chi connectivity index (χ0) is 18.3. The molecule has 2 heterocycles. The SMILES string of the molecule is Cc1ccc(-c2ccsc2C(=O)Nc2ccc3c(c2)OC(C)(C)O3)cc1. The summed E-state index contributed by atoms with van der Waals surface area (Å²) in [7, 11) is 0. The summed E-state index contributed by atoms with van der Waals surface area (Å²) in [6, 6.07) is 15.6. The fourth-order valence-corrected chi connectivity index (χ4v) is 3.74. The third kappa shape index (κ3) is 3.18. The Hall–Kier alpha value is -2.79. The molecule has 2 aromatic carbocycles. The maximum Gasteiger partial charge on any atom is 0.266 e. The number of hydrogen-bond acceptors (Lipinski definition) is 4. The average molecular weight is 365 g/mol. The largest absolute Gasteiger partial charge is 0.449 e. The number of thiophene rings is 1. The maximum atomic E-state index is 12.8. The van der Waals surface area contributed by atoms with Crippen LogP contribution in [0.2, 0.25) is 0 Å². The molecule has 1 aromatic heterocycles. The van der Waals surface area contributed by atoms with Crippen molar-refractivity contribution in [3.8, 4) is 22.6 Å². The fraction of sp³-hybridized carbons (Fsp3) is 0.190. The second-order valence-corrected chi connectivity index (χ2v) is 7.67. The van der Waals surface area contributed by atoms with Crippen LogP contribution in [0.4, 0.5) is 5.69 Å². The summed E-state index contributed by atoms with van der Waals surface area (Å²) in [5.41, 5.74) is 3.85. The maximum absolute atomic E-state index is 12.8. The van der Waals surface area contributed by atoms with Crippen LogP contribution in [0.1, 0.15) is 29.1 Å². The van der Waals surface area contributed by atoms with Crippen molar-refractivity contribution >= 4 is 22.9 Å². The Bertz CT molecular complexity index is 973. The molecule has 5 heteroatoms. The summed E-state index contributed by atoms with van der Waals surface area (Å²) >= 11 is 1.43.